The van der Waals surface area contributed by atoms with Crippen LogP contribution in [0.5, 0.6) is 0 Å². The van der Waals surface area contributed by atoms with Crippen LogP contribution in [0.3, 0.4) is 0 Å². The molecule has 1 aromatic heterocycles. The number of benzene rings is 1. The molecule has 0 radical (unpaired) electrons. The van der Waals surface area contributed by atoms with Crippen molar-refractivity contribution in [2.24, 2.45) is 0 Å². The Morgan fingerprint density at radius 1 is 1.32 bits per heavy atom. The Hall–Kier alpha value is -3.19. The SMILES string of the molecule is CC#Cc1cn([C@@H]2O[C@H](CO)[C@@H](O)[C@H]2OC(=O)c2ccccc2)c(=O)[nH]c1=O. The van der Waals surface area contributed by atoms with Gasteiger partial charge in [-0.15, -0.1) is 5.92 Å². The van der Waals surface area contributed by atoms with Gasteiger partial charge in [-0.2, -0.15) is 0 Å². The van der Waals surface area contributed by atoms with Gasteiger partial charge in [0, 0.05) is 6.20 Å². The van der Waals surface area contributed by atoms with E-state index < -0.39 is 48.4 Å². The highest BCUT2D eigenvalue weighted by Crippen LogP contribution is 2.31. The fourth-order valence-corrected chi connectivity index (χ4v) is 2.88. The lowest BCUT2D eigenvalue weighted by Crippen LogP contribution is -2.41. The minimum atomic E-state index is -1.39. The number of nitrogens with zero attached hydrogens (tertiary/aromatic N) is 1. The number of carbonyl (C=O) groups excluding carboxylic acids is 1. The smallest absolute Gasteiger partial charge is 0.338 e. The zero-order valence-corrected chi connectivity index (χ0v) is 14.9. The molecule has 0 saturated carbocycles. The number of aliphatic hydroxyl groups is 2. The zero-order chi connectivity index (χ0) is 20.3. The topological polar surface area (TPSA) is 131 Å². The highest BCUT2D eigenvalue weighted by atomic mass is 16.6. The summed E-state index contributed by atoms with van der Waals surface area (Å²) in [6.07, 6.45) is -3.86. The van der Waals surface area contributed by atoms with Crippen molar-refractivity contribution in [2.45, 2.75) is 31.5 Å². The van der Waals surface area contributed by atoms with Gasteiger partial charge in [-0.25, -0.2) is 9.59 Å². The van der Waals surface area contributed by atoms with E-state index in [0.717, 1.165) is 10.8 Å². The summed E-state index contributed by atoms with van der Waals surface area (Å²) in [4.78, 5) is 38.6. The molecule has 1 saturated heterocycles. The summed E-state index contributed by atoms with van der Waals surface area (Å²) in [5, 5.41) is 19.8. The third kappa shape index (κ3) is 3.75. The van der Waals surface area contributed by atoms with Crippen LogP contribution in [-0.4, -0.2) is 50.7 Å². The minimum Gasteiger partial charge on any atom is -0.451 e. The van der Waals surface area contributed by atoms with Crippen LogP contribution in [0.2, 0.25) is 0 Å². The standard InChI is InChI=1S/C19H18N2O7/c1-2-6-12-9-21(19(26)20-16(12)24)17-15(14(23)13(10-22)27-17)28-18(25)11-7-4-3-5-8-11/h3-5,7-9,13-15,17,22-23H,10H2,1H3,(H,20,24,26)/t13-,14-,15-,17-/m1/s1. The molecule has 1 aliphatic rings. The highest BCUT2D eigenvalue weighted by molar-refractivity contribution is 5.89. The molecule has 0 bridgehead atoms. The van der Waals surface area contributed by atoms with Gasteiger partial charge in [-0.1, -0.05) is 24.1 Å². The van der Waals surface area contributed by atoms with Crippen LogP contribution in [0.25, 0.3) is 0 Å². The Morgan fingerprint density at radius 2 is 2.04 bits per heavy atom. The summed E-state index contributed by atoms with van der Waals surface area (Å²) in [5.41, 5.74) is -1.26. The second-order valence-electron chi connectivity index (χ2n) is 6.06. The third-order valence-electron chi connectivity index (χ3n) is 4.25. The van der Waals surface area contributed by atoms with Crippen LogP contribution >= 0.6 is 0 Å². The number of ether oxygens (including phenoxy) is 2. The largest absolute Gasteiger partial charge is 0.451 e. The molecule has 0 aliphatic carbocycles. The predicted octanol–water partition coefficient (Wildman–Crippen LogP) is -0.616. The van der Waals surface area contributed by atoms with Gasteiger partial charge in [-0.3, -0.25) is 14.3 Å². The quantitative estimate of drug-likeness (QED) is 0.472. The Labute approximate surface area is 159 Å². The van der Waals surface area contributed by atoms with Crippen molar-refractivity contribution in [1.82, 2.24) is 9.55 Å². The number of esters is 1. The van der Waals surface area contributed by atoms with E-state index in [2.05, 4.69) is 16.8 Å². The number of aliphatic hydroxyl groups excluding tert-OH is 2. The number of carbonyl (C=O) groups is 1. The monoisotopic (exact) mass is 386 g/mol. The summed E-state index contributed by atoms with van der Waals surface area (Å²) in [5.74, 6) is 4.38. The van der Waals surface area contributed by atoms with E-state index in [-0.39, 0.29) is 11.1 Å². The first-order valence-corrected chi connectivity index (χ1v) is 8.45. The molecule has 0 spiro atoms. The van der Waals surface area contributed by atoms with Crippen LogP contribution in [-0.2, 0) is 9.47 Å². The van der Waals surface area contributed by atoms with Gasteiger partial charge in [0.1, 0.15) is 17.8 Å². The molecule has 1 aromatic carbocycles. The predicted molar refractivity (Wildman–Crippen MR) is 96.5 cm³/mol. The number of aromatic amines is 1. The van der Waals surface area contributed by atoms with Gasteiger partial charge in [-0.05, 0) is 19.1 Å². The van der Waals surface area contributed by atoms with Crippen LogP contribution < -0.4 is 11.2 Å². The van der Waals surface area contributed by atoms with Crippen molar-refractivity contribution in [3.05, 3.63) is 68.5 Å². The molecule has 9 heteroatoms. The molecule has 28 heavy (non-hydrogen) atoms. The van der Waals surface area contributed by atoms with Gasteiger partial charge in [0.15, 0.2) is 12.3 Å². The summed E-state index contributed by atoms with van der Waals surface area (Å²) >= 11 is 0. The number of H-pyrrole nitrogens is 1. The second-order valence-corrected chi connectivity index (χ2v) is 6.06. The number of hydrogen-bond donors (Lipinski definition) is 3. The normalized spacial score (nSPS) is 23.7. The number of aromatic nitrogens is 2. The maximum Gasteiger partial charge on any atom is 0.338 e. The number of rotatable bonds is 4. The molecule has 3 rings (SSSR count). The fraction of sp³-hybridized carbons (Fsp3) is 0.316. The van der Waals surface area contributed by atoms with Crippen molar-refractivity contribution in [3.8, 4) is 11.8 Å². The van der Waals surface area contributed by atoms with Gasteiger partial charge in [0.2, 0.25) is 0 Å². The Kier molecular flexibility index (Phi) is 5.75. The molecule has 2 heterocycles. The maximum absolute atomic E-state index is 12.4. The number of hydrogen-bond acceptors (Lipinski definition) is 7. The molecule has 1 aliphatic heterocycles. The molecule has 0 amide bonds. The zero-order valence-electron chi connectivity index (χ0n) is 14.9. The number of nitrogens with one attached hydrogen (secondary N) is 1. The van der Waals surface area contributed by atoms with E-state index in [9.17, 15) is 24.6 Å². The van der Waals surface area contributed by atoms with Crippen molar-refractivity contribution in [2.75, 3.05) is 6.61 Å². The highest BCUT2D eigenvalue weighted by Gasteiger charge is 2.47. The van der Waals surface area contributed by atoms with E-state index in [1.54, 1.807) is 18.2 Å². The molecule has 4 atom stereocenters. The van der Waals surface area contributed by atoms with Gasteiger partial charge in [0.25, 0.3) is 5.56 Å². The molecule has 3 N–H and O–H groups in total. The van der Waals surface area contributed by atoms with Crippen LogP contribution in [0, 0.1) is 11.8 Å². The van der Waals surface area contributed by atoms with E-state index in [1.807, 2.05) is 0 Å². The molecule has 1 fully saturated rings. The molecular formula is C19H18N2O7. The third-order valence-corrected chi connectivity index (χ3v) is 4.25. The van der Waals surface area contributed by atoms with E-state index >= 15 is 0 Å². The average Bonchev–Trinajstić information content (AvgIpc) is 3.00. The van der Waals surface area contributed by atoms with Crippen molar-refractivity contribution in [1.29, 1.82) is 0 Å². The molecule has 146 valence electrons. The first-order valence-electron chi connectivity index (χ1n) is 8.45. The molecular weight excluding hydrogens is 368 g/mol. The Morgan fingerprint density at radius 3 is 2.68 bits per heavy atom. The Balaban J connectivity index is 1.99. The summed E-state index contributed by atoms with van der Waals surface area (Å²) in [6, 6.07) is 8.09. The maximum atomic E-state index is 12.4. The van der Waals surface area contributed by atoms with Crippen molar-refractivity contribution < 1.29 is 24.5 Å². The van der Waals surface area contributed by atoms with Crippen molar-refractivity contribution >= 4 is 5.97 Å². The Bertz CT molecular complexity index is 1030. The van der Waals surface area contributed by atoms with E-state index in [4.69, 9.17) is 9.47 Å². The van der Waals surface area contributed by atoms with E-state index in [1.165, 1.54) is 19.1 Å². The van der Waals surface area contributed by atoms with Crippen LogP contribution in [0.4, 0.5) is 0 Å². The van der Waals surface area contributed by atoms with Crippen molar-refractivity contribution in [3.63, 3.8) is 0 Å². The lowest BCUT2D eigenvalue weighted by Gasteiger charge is -2.22. The van der Waals surface area contributed by atoms with Gasteiger partial charge in [0.05, 0.1) is 12.2 Å². The van der Waals surface area contributed by atoms with Crippen LogP contribution in [0.1, 0.15) is 29.1 Å². The summed E-state index contributed by atoms with van der Waals surface area (Å²) in [6.45, 7) is 0.966. The van der Waals surface area contributed by atoms with Gasteiger partial charge < -0.3 is 19.7 Å². The first-order chi connectivity index (χ1) is 13.5. The summed E-state index contributed by atoms with van der Waals surface area (Å²) < 4.78 is 11.9. The molecule has 2 aromatic rings. The molecule has 9 nitrogen and oxygen atoms in total. The van der Waals surface area contributed by atoms with E-state index in [0.29, 0.717) is 0 Å². The summed E-state index contributed by atoms with van der Waals surface area (Å²) in [7, 11) is 0. The average molecular weight is 386 g/mol. The van der Waals surface area contributed by atoms with Gasteiger partial charge >= 0.3 is 11.7 Å². The lowest BCUT2D eigenvalue weighted by molar-refractivity contribution is -0.0603. The first kappa shape index (κ1) is 19.6. The molecule has 0 unspecified atom stereocenters. The second kappa shape index (κ2) is 8.22. The minimum absolute atomic E-state index is 0.000717. The lowest BCUT2D eigenvalue weighted by atomic mass is 10.1. The van der Waals surface area contributed by atoms with Crippen LogP contribution in [0.15, 0.2) is 46.1 Å². The fourth-order valence-electron chi connectivity index (χ4n) is 2.88.